The number of carboxylic acids is 1. The van der Waals surface area contributed by atoms with E-state index in [0.29, 0.717) is 22.3 Å². The first-order chi connectivity index (χ1) is 10.1. The van der Waals surface area contributed by atoms with Crippen molar-refractivity contribution in [2.45, 2.75) is 6.61 Å². The largest absolute Gasteiger partial charge is 0.476 e. The molecule has 2 aromatic heterocycles. The summed E-state index contributed by atoms with van der Waals surface area (Å²) in [7, 11) is 0. The maximum Gasteiger partial charge on any atom is 0.357 e. The summed E-state index contributed by atoms with van der Waals surface area (Å²) in [5, 5.41) is 23.1. The second kappa shape index (κ2) is 5.27. The van der Waals surface area contributed by atoms with Crippen LogP contribution in [-0.4, -0.2) is 30.9 Å². The topological polar surface area (TPSA) is 88.2 Å². The fourth-order valence-electron chi connectivity index (χ4n) is 2.14. The van der Waals surface area contributed by atoms with Crippen LogP contribution in [-0.2, 0) is 6.61 Å². The molecule has 0 aliphatic rings. The summed E-state index contributed by atoms with van der Waals surface area (Å²) in [4.78, 5) is 15.5. The van der Waals surface area contributed by atoms with Crippen LogP contribution in [0.1, 0.15) is 16.1 Å². The van der Waals surface area contributed by atoms with E-state index >= 15 is 0 Å². The number of hydrogen-bond donors (Lipinski definition) is 2. The summed E-state index contributed by atoms with van der Waals surface area (Å²) >= 11 is 3.36. The molecule has 106 valence electrons. The van der Waals surface area contributed by atoms with Crippen LogP contribution in [0.25, 0.3) is 16.7 Å². The average molecular weight is 348 g/mol. The molecule has 0 radical (unpaired) electrons. The van der Waals surface area contributed by atoms with Crippen molar-refractivity contribution in [3.05, 3.63) is 52.3 Å². The highest BCUT2D eigenvalue weighted by Crippen LogP contribution is 2.24. The van der Waals surface area contributed by atoms with Crippen LogP contribution in [0.2, 0.25) is 0 Å². The number of aliphatic hydroxyl groups excluding tert-OH is 1. The molecule has 0 spiro atoms. The third-order valence-electron chi connectivity index (χ3n) is 3.01. The van der Waals surface area contributed by atoms with E-state index in [-0.39, 0.29) is 12.3 Å². The van der Waals surface area contributed by atoms with E-state index in [0.717, 1.165) is 4.47 Å². The zero-order valence-corrected chi connectivity index (χ0v) is 12.3. The number of halogens is 1. The predicted molar refractivity (Wildman–Crippen MR) is 79.4 cm³/mol. The van der Waals surface area contributed by atoms with Gasteiger partial charge in [-0.15, -0.1) is 0 Å². The number of fused-ring (bicyclic) bond motifs is 1. The Morgan fingerprint density at radius 3 is 2.86 bits per heavy atom. The monoisotopic (exact) mass is 347 g/mol. The molecule has 0 amide bonds. The highest BCUT2D eigenvalue weighted by atomic mass is 79.9. The smallest absolute Gasteiger partial charge is 0.357 e. The van der Waals surface area contributed by atoms with Gasteiger partial charge in [-0.2, -0.15) is 5.10 Å². The van der Waals surface area contributed by atoms with E-state index < -0.39 is 5.97 Å². The number of rotatable bonds is 3. The van der Waals surface area contributed by atoms with Gasteiger partial charge in [0.05, 0.1) is 17.7 Å². The molecule has 0 unspecified atom stereocenters. The molecular formula is C14H10BrN3O3. The highest BCUT2D eigenvalue weighted by molar-refractivity contribution is 9.10. The zero-order chi connectivity index (χ0) is 15.0. The lowest BCUT2D eigenvalue weighted by Gasteiger charge is -2.06. The van der Waals surface area contributed by atoms with Gasteiger partial charge in [0, 0.05) is 10.7 Å². The molecule has 2 heterocycles. The van der Waals surface area contributed by atoms with Crippen molar-refractivity contribution >= 4 is 32.9 Å². The van der Waals surface area contributed by atoms with Gasteiger partial charge in [-0.1, -0.05) is 15.9 Å². The number of aliphatic hydroxyl groups is 1. The van der Waals surface area contributed by atoms with Crippen LogP contribution >= 0.6 is 15.9 Å². The van der Waals surface area contributed by atoms with Gasteiger partial charge in [0.15, 0.2) is 11.3 Å². The Morgan fingerprint density at radius 1 is 1.33 bits per heavy atom. The second-order valence-electron chi connectivity index (χ2n) is 4.42. The Hall–Kier alpha value is -2.25. The number of benzene rings is 1. The number of aromatic carboxylic acids is 1. The molecule has 6 nitrogen and oxygen atoms in total. The third kappa shape index (κ3) is 2.41. The number of carboxylic acid groups (broad SMARTS) is 1. The van der Waals surface area contributed by atoms with Crippen LogP contribution in [0.15, 0.2) is 41.0 Å². The van der Waals surface area contributed by atoms with E-state index in [9.17, 15) is 15.0 Å². The summed E-state index contributed by atoms with van der Waals surface area (Å²) in [5.74, 6) is -1.11. The second-order valence-corrected chi connectivity index (χ2v) is 5.33. The van der Waals surface area contributed by atoms with Gasteiger partial charge in [-0.3, -0.25) is 0 Å². The highest BCUT2D eigenvalue weighted by Gasteiger charge is 2.18. The number of carbonyl (C=O) groups is 1. The lowest BCUT2D eigenvalue weighted by molar-refractivity contribution is 0.0692. The fourth-order valence-corrected chi connectivity index (χ4v) is 2.67. The number of nitrogens with zero attached hydrogens (tertiary/aromatic N) is 3. The van der Waals surface area contributed by atoms with Crippen LogP contribution in [0.5, 0.6) is 0 Å². The van der Waals surface area contributed by atoms with Gasteiger partial charge in [0.25, 0.3) is 0 Å². The number of hydrogen-bond acceptors (Lipinski definition) is 4. The van der Waals surface area contributed by atoms with Gasteiger partial charge in [-0.25, -0.2) is 14.5 Å². The quantitative estimate of drug-likeness (QED) is 0.759. The van der Waals surface area contributed by atoms with Gasteiger partial charge in [0.2, 0.25) is 0 Å². The molecule has 7 heteroatoms. The van der Waals surface area contributed by atoms with Crippen LogP contribution in [0.3, 0.4) is 0 Å². The molecule has 0 bridgehead atoms. The van der Waals surface area contributed by atoms with E-state index in [1.165, 1.54) is 4.68 Å². The molecule has 3 aromatic rings. The normalized spacial score (nSPS) is 11.0. The van der Waals surface area contributed by atoms with Crippen molar-refractivity contribution in [2.75, 3.05) is 0 Å². The van der Waals surface area contributed by atoms with Gasteiger partial charge in [-0.05, 0) is 35.9 Å². The SMILES string of the molecule is O=C(O)c1nn(-c2cc(Br)cc(CO)c2)c2ncccc12. The Labute approximate surface area is 127 Å². The Bertz CT molecular complexity index is 845. The minimum Gasteiger partial charge on any atom is -0.476 e. The molecule has 1 aromatic carbocycles. The van der Waals surface area contributed by atoms with E-state index in [4.69, 9.17) is 0 Å². The fraction of sp³-hybridized carbons (Fsp3) is 0.0714. The first-order valence-electron chi connectivity index (χ1n) is 6.08. The van der Waals surface area contributed by atoms with Crippen molar-refractivity contribution in [1.29, 1.82) is 0 Å². The van der Waals surface area contributed by atoms with Crippen molar-refractivity contribution in [3.63, 3.8) is 0 Å². The molecule has 0 aliphatic carbocycles. The lowest BCUT2D eigenvalue weighted by atomic mass is 10.2. The molecule has 0 fully saturated rings. The molecule has 0 saturated carbocycles. The Balaban J connectivity index is 2.30. The van der Waals surface area contributed by atoms with E-state index in [1.807, 2.05) is 0 Å². The minimum absolute atomic E-state index is 0.0522. The maximum absolute atomic E-state index is 11.3. The van der Waals surface area contributed by atoms with Crippen molar-refractivity contribution < 1.29 is 15.0 Å². The van der Waals surface area contributed by atoms with Crippen LogP contribution in [0.4, 0.5) is 0 Å². The van der Waals surface area contributed by atoms with Crippen molar-refractivity contribution in [1.82, 2.24) is 14.8 Å². The van der Waals surface area contributed by atoms with Gasteiger partial charge < -0.3 is 10.2 Å². The van der Waals surface area contributed by atoms with Crippen LogP contribution in [0, 0.1) is 0 Å². The summed E-state index contributed by atoms with van der Waals surface area (Å²) in [6, 6.07) is 8.63. The maximum atomic E-state index is 11.3. The van der Waals surface area contributed by atoms with Gasteiger partial charge >= 0.3 is 5.97 Å². The zero-order valence-electron chi connectivity index (χ0n) is 10.7. The lowest BCUT2D eigenvalue weighted by Crippen LogP contribution is -2.02. The molecular weight excluding hydrogens is 338 g/mol. The molecule has 0 aliphatic heterocycles. The summed E-state index contributed by atoms with van der Waals surface area (Å²) in [6.45, 7) is -0.120. The molecule has 2 N–H and O–H groups in total. The Kier molecular flexibility index (Phi) is 3.44. The summed E-state index contributed by atoms with van der Waals surface area (Å²) in [6.07, 6.45) is 1.58. The van der Waals surface area contributed by atoms with E-state index in [1.54, 1.807) is 36.5 Å². The first-order valence-corrected chi connectivity index (χ1v) is 6.87. The van der Waals surface area contributed by atoms with Gasteiger partial charge in [0.1, 0.15) is 0 Å². The van der Waals surface area contributed by atoms with Crippen molar-refractivity contribution in [2.24, 2.45) is 0 Å². The Morgan fingerprint density at radius 2 is 2.14 bits per heavy atom. The predicted octanol–water partition coefficient (Wildman–Crippen LogP) is 2.37. The molecule has 0 saturated heterocycles. The van der Waals surface area contributed by atoms with Crippen molar-refractivity contribution in [3.8, 4) is 5.69 Å². The number of pyridine rings is 1. The third-order valence-corrected chi connectivity index (χ3v) is 3.47. The molecule has 0 atom stereocenters. The summed E-state index contributed by atoms with van der Waals surface area (Å²) < 4.78 is 2.23. The standard InChI is InChI=1S/C14H10BrN3O3/c15-9-4-8(7-19)5-10(6-9)18-13-11(2-1-3-16-13)12(17-18)14(20)21/h1-6,19H,7H2,(H,20,21). The average Bonchev–Trinajstić information content (AvgIpc) is 2.86. The number of aromatic nitrogens is 3. The summed E-state index contributed by atoms with van der Waals surface area (Å²) in [5.41, 5.74) is 1.72. The molecule has 21 heavy (non-hydrogen) atoms. The van der Waals surface area contributed by atoms with E-state index in [2.05, 4.69) is 26.0 Å². The first kappa shape index (κ1) is 13.7. The van der Waals surface area contributed by atoms with Crippen LogP contribution < -0.4 is 0 Å². The minimum atomic E-state index is -1.11. The molecule has 3 rings (SSSR count).